The number of aliphatic hydroxyl groups is 1. The molecule has 0 saturated carbocycles. The zero-order valence-electron chi connectivity index (χ0n) is 13.2. The van der Waals surface area contributed by atoms with Gasteiger partial charge >= 0.3 is 5.97 Å². The number of esters is 1. The van der Waals surface area contributed by atoms with E-state index in [-0.39, 0.29) is 22.8 Å². The van der Waals surface area contributed by atoms with E-state index in [2.05, 4.69) is 4.99 Å². The van der Waals surface area contributed by atoms with Gasteiger partial charge in [-0.25, -0.2) is 9.18 Å². The minimum absolute atomic E-state index is 0.119. The van der Waals surface area contributed by atoms with Crippen LogP contribution in [0.1, 0.15) is 12.5 Å². The molecule has 0 radical (unpaired) electrons. The van der Waals surface area contributed by atoms with Crippen molar-refractivity contribution in [3.63, 3.8) is 0 Å². The number of benzene rings is 2. The average Bonchev–Trinajstić information content (AvgIpc) is 2.56. The average molecular weight is 382 g/mol. The normalized spacial score (nSPS) is 12.2. The molecule has 1 N–H and O–H groups in total. The number of carbonyl (C=O) groups is 1. The van der Waals surface area contributed by atoms with Crippen molar-refractivity contribution in [2.45, 2.75) is 6.92 Å². The summed E-state index contributed by atoms with van der Waals surface area (Å²) in [5, 5.41) is 11.0. The summed E-state index contributed by atoms with van der Waals surface area (Å²) in [6.07, 6.45) is 1.14. The van der Waals surface area contributed by atoms with Gasteiger partial charge in [-0.15, -0.1) is 0 Å². The summed E-state index contributed by atoms with van der Waals surface area (Å²) < 4.78 is 17.9. The number of ether oxygens (including phenoxy) is 1. The Labute approximate surface area is 154 Å². The lowest BCUT2D eigenvalue weighted by atomic mass is 10.1. The van der Waals surface area contributed by atoms with Gasteiger partial charge in [0.05, 0.1) is 17.3 Å². The summed E-state index contributed by atoms with van der Waals surface area (Å²) in [5.41, 5.74) is 0.424. The van der Waals surface area contributed by atoms with Crippen LogP contribution in [0.25, 0.3) is 5.76 Å². The third-order valence-corrected chi connectivity index (χ3v) is 3.65. The van der Waals surface area contributed by atoms with Crippen molar-refractivity contribution in [1.29, 1.82) is 0 Å². The summed E-state index contributed by atoms with van der Waals surface area (Å²) in [5.74, 6) is -1.57. The molecule has 0 aromatic heterocycles. The van der Waals surface area contributed by atoms with Crippen LogP contribution in [0.15, 0.2) is 53.0 Å². The minimum atomic E-state index is -0.767. The molecular formula is C18H14Cl2FNO3. The van der Waals surface area contributed by atoms with Crippen LogP contribution in [-0.2, 0) is 9.53 Å². The maximum absolute atomic E-state index is 12.9. The van der Waals surface area contributed by atoms with Crippen LogP contribution in [0, 0.1) is 5.82 Å². The highest BCUT2D eigenvalue weighted by molar-refractivity contribution is 6.36. The molecule has 0 heterocycles. The van der Waals surface area contributed by atoms with Crippen LogP contribution < -0.4 is 0 Å². The van der Waals surface area contributed by atoms with Crippen molar-refractivity contribution in [2.75, 3.05) is 6.61 Å². The van der Waals surface area contributed by atoms with Crippen molar-refractivity contribution in [3.8, 4) is 0 Å². The first kappa shape index (κ1) is 19.0. The Morgan fingerprint density at radius 2 is 1.92 bits per heavy atom. The van der Waals surface area contributed by atoms with Gasteiger partial charge in [-0.3, -0.25) is 4.99 Å². The molecule has 0 fully saturated rings. The van der Waals surface area contributed by atoms with Gasteiger partial charge in [0, 0.05) is 16.8 Å². The number of hydrogen-bond acceptors (Lipinski definition) is 4. The second-order valence-electron chi connectivity index (χ2n) is 4.84. The third kappa shape index (κ3) is 5.05. The topological polar surface area (TPSA) is 58.9 Å². The van der Waals surface area contributed by atoms with Crippen LogP contribution in [0.3, 0.4) is 0 Å². The fraction of sp³-hybridized carbons (Fsp3) is 0.111. The van der Waals surface area contributed by atoms with Crippen LogP contribution in [0.4, 0.5) is 10.1 Å². The second kappa shape index (κ2) is 8.65. The molecule has 4 nitrogen and oxygen atoms in total. The lowest BCUT2D eigenvalue weighted by molar-refractivity contribution is -0.137. The van der Waals surface area contributed by atoms with Crippen LogP contribution in [0.5, 0.6) is 0 Å². The Balaban J connectivity index is 2.47. The molecule has 0 saturated heterocycles. The van der Waals surface area contributed by atoms with E-state index < -0.39 is 17.5 Å². The molecule has 7 heteroatoms. The highest BCUT2D eigenvalue weighted by atomic mass is 35.5. The molecule has 0 aliphatic rings. The van der Waals surface area contributed by atoms with Crippen LogP contribution in [0.2, 0.25) is 10.0 Å². The number of halogens is 3. The van der Waals surface area contributed by atoms with E-state index in [0.717, 1.165) is 6.21 Å². The van der Waals surface area contributed by atoms with E-state index in [1.165, 1.54) is 42.5 Å². The molecule has 0 aliphatic carbocycles. The monoisotopic (exact) mass is 381 g/mol. The Morgan fingerprint density at radius 3 is 2.52 bits per heavy atom. The fourth-order valence-corrected chi connectivity index (χ4v) is 2.41. The lowest BCUT2D eigenvalue weighted by Crippen LogP contribution is -2.11. The third-order valence-electron chi connectivity index (χ3n) is 3.11. The predicted octanol–water partition coefficient (Wildman–Crippen LogP) is 5.37. The standard InChI is InChI=1S/C18H14Cl2FNO3/c1-2-25-18(24)15(10-22-13-6-4-12(21)5-7-13)17(23)14-8-3-11(19)9-16(14)20/h3-10,23H,2H2,1H3. The Hall–Kier alpha value is -2.37. The second-order valence-corrected chi connectivity index (χ2v) is 5.69. The maximum Gasteiger partial charge on any atom is 0.343 e. The number of nitrogens with zero attached hydrogens (tertiary/aromatic N) is 1. The molecule has 0 atom stereocenters. The quantitative estimate of drug-likeness (QED) is 0.328. The first-order chi connectivity index (χ1) is 11.9. The van der Waals surface area contributed by atoms with Crippen LogP contribution in [-0.4, -0.2) is 23.9 Å². The first-order valence-electron chi connectivity index (χ1n) is 7.27. The summed E-state index contributed by atoms with van der Waals surface area (Å²) in [6, 6.07) is 9.77. The van der Waals surface area contributed by atoms with Crippen molar-refractivity contribution >= 4 is 46.8 Å². The summed E-state index contributed by atoms with van der Waals surface area (Å²) in [7, 11) is 0. The van der Waals surface area contributed by atoms with Gasteiger partial charge in [-0.05, 0) is 49.4 Å². The smallest absolute Gasteiger partial charge is 0.343 e. The number of hydrogen-bond donors (Lipinski definition) is 1. The van der Waals surface area contributed by atoms with E-state index in [1.54, 1.807) is 6.92 Å². The minimum Gasteiger partial charge on any atom is -0.506 e. The summed E-state index contributed by atoms with van der Waals surface area (Å²) >= 11 is 11.9. The molecule has 0 amide bonds. The largest absolute Gasteiger partial charge is 0.506 e. The molecule has 0 bridgehead atoms. The predicted molar refractivity (Wildman–Crippen MR) is 97.2 cm³/mol. The highest BCUT2D eigenvalue weighted by Gasteiger charge is 2.18. The Morgan fingerprint density at radius 1 is 1.24 bits per heavy atom. The highest BCUT2D eigenvalue weighted by Crippen LogP contribution is 2.28. The molecule has 130 valence electrons. The van der Waals surface area contributed by atoms with Gasteiger partial charge in [0.15, 0.2) is 0 Å². The molecule has 2 rings (SSSR count). The maximum atomic E-state index is 12.9. The zero-order chi connectivity index (χ0) is 18.4. The summed E-state index contributed by atoms with van der Waals surface area (Å²) in [4.78, 5) is 16.2. The molecular weight excluding hydrogens is 368 g/mol. The fourth-order valence-electron chi connectivity index (χ4n) is 1.91. The molecule has 2 aromatic carbocycles. The van der Waals surface area contributed by atoms with Crippen molar-refractivity contribution < 1.29 is 19.0 Å². The molecule has 0 unspecified atom stereocenters. The van der Waals surface area contributed by atoms with Gasteiger partial charge in [-0.1, -0.05) is 23.2 Å². The Bertz CT molecular complexity index is 833. The molecule has 0 aliphatic heterocycles. The Kier molecular flexibility index (Phi) is 6.56. The van der Waals surface area contributed by atoms with Gasteiger partial charge in [0.1, 0.15) is 17.1 Å². The van der Waals surface area contributed by atoms with E-state index >= 15 is 0 Å². The van der Waals surface area contributed by atoms with Gasteiger partial charge in [0.25, 0.3) is 0 Å². The number of carbonyl (C=O) groups excluding carboxylic acids is 1. The van der Waals surface area contributed by atoms with Gasteiger partial charge < -0.3 is 9.84 Å². The van der Waals surface area contributed by atoms with E-state index in [1.807, 2.05) is 0 Å². The number of aliphatic imine (C=N–C) groups is 1. The van der Waals surface area contributed by atoms with Crippen molar-refractivity contribution in [1.82, 2.24) is 0 Å². The van der Waals surface area contributed by atoms with Gasteiger partial charge in [0.2, 0.25) is 0 Å². The van der Waals surface area contributed by atoms with E-state index in [0.29, 0.717) is 10.7 Å². The SMILES string of the molecule is CCOC(=O)C(C=Nc1ccc(F)cc1)=C(O)c1ccc(Cl)cc1Cl. The zero-order valence-corrected chi connectivity index (χ0v) is 14.7. The number of aliphatic hydroxyl groups excluding tert-OH is 1. The van der Waals surface area contributed by atoms with Crippen molar-refractivity contribution in [3.05, 3.63) is 69.5 Å². The summed E-state index contributed by atoms with van der Waals surface area (Å²) in [6.45, 7) is 1.76. The lowest BCUT2D eigenvalue weighted by Gasteiger charge is -2.08. The van der Waals surface area contributed by atoms with Crippen LogP contribution >= 0.6 is 23.2 Å². The molecule has 0 spiro atoms. The molecule has 25 heavy (non-hydrogen) atoms. The van der Waals surface area contributed by atoms with E-state index in [9.17, 15) is 14.3 Å². The first-order valence-corrected chi connectivity index (χ1v) is 8.03. The molecule has 2 aromatic rings. The van der Waals surface area contributed by atoms with Gasteiger partial charge in [-0.2, -0.15) is 0 Å². The van der Waals surface area contributed by atoms with Crippen molar-refractivity contribution in [2.24, 2.45) is 4.99 Å². The number of rotatable bonds is 5. The van der Waals surface area contributed by atoms with E-state index in [4.69, 9.17) is 27.9 Å².